The third-order valence-corrected chi connectivity index (χ3v) is 2.83. The van der Waals surface area contributed by atoms with E-state index in [-0.39, 0.29) is 27.9 Å². The normalized spacial score (nSPS) is 10.9. The number of allylic oxidation sites excluding steroid dienone is 6. The highest BCUT2D eigenvalue weighted by Gasteiger charge is 2.36. The average Bonchev–Trinajstić information content (AvgIpc) is 2.44. The fourth-order valence-corrected chi connectivity index (χ4v) is 1.51. The van der Waals surface area contributed by atoms with Crippen LogP contribution in [0.5, 0.6) is 0 Å². The van der Waals surface area contributed by atoms with E-state index in [4.69, 9.17) is 0 Å². The molecule has 0 amide bonds. The Morgan fingerprint density at radius 3 is 1.22 bits per heavy atom. The van der Waals surface area contributed by atoms with Crippen LogP contribution in [0, 0.1) is 5.92 Å². The van der Waals surface area contributed by atoms with Crippen molar-refractivity contribution in [3.8, 4) is 0 Å². The SMILES string of the molecule is C=C(C)C(=O)C=C([C](C(=O)C(=C)C)C(=O)C(=C)C)C(=O)C(=C)C. The summed E-state index contributed by atoms with van der Waals surface area (Å²) in [6, 6.07) is 0. The molecule has 4 heteroatoms. The van der Waals surface area contributed by atoms with Crippen molar-refractivity contribution in [2.75, 3.05) is 0 Å². The lowest BCUT2D eigenvalue weighted by Crippen LogP contribution is -2.29. The molecule has 0 unspecified atom stereocenters. The summed E-state index contributed by atoms with van der Waals surface area (Å²) < 4.78 is 0. The molecule has 0 saturated heterocycles. The molecule has 0 fully saturated rings. The fourth-order valence-electron chi connectivity index (χ4n) is 1.51. The topological polar surface area (TPSA) is 68.3 Å². The van der Waals surface area contributed by atoms with Gasteiger partial charge in [0, 0.05) is 5.57 Å². The summed E-state index contributed by atoms with van der Waals surface area (Å²) in [5, 5.41) is 0. The van der Waals surface area contributed by atoms with Gasteiger partial charge >= 0.3 is 0 Å². The first-order valence-corrected chi connectivity index (χ1v) is 6.81. The van der Waals surface area contributed by atoms with Crippen LogP contribution < -0.4 is 0 Å². The van der Waals surface area contributed by atoms with Crippen molar-refractivity contribution in [3.63, 3.8) is 0 Å². The molecular formula is C19H21O4. The lowest BCUT2D eigenvalue weighted by Gasteiger charge is -2.17. The molecule has 4 nitrogen and oxygen atoms in total. The Hall–Kier alpha value is -2.62. The van der Waals surface area contributed by atoms with Gasteiger partial charge in [0.1, 0.15) is 5.92 Å². The van der Waals surface area contributed by atoms with Crippen molar-refractivity contribution in [1.82, 2.24) is 0 Å². The van der Waals surface area contributed by atoms with Gasteiger partial charge in [-0.25, -0.2) is 0 Å². The number of ketones is 4. The van der Waals surface area contributed by atoms with E-state index in [0.29, 0.717) is 0 Å². The summed E-state index contributed by atoms with van der Waals surface area (Å²) in [6.45, 7) is 19.7. The number of rotatable bonds is 9. The molecule has 121 valence electrons. The molecule has 0 aliphatic rings. The van der Waals surface area contributed by atoms with Crippen molar-refractivity contribution < 1.29 is 19.2 Å². The van der Waals surface area contributed by atoms with Crippen LogP contribution in [0.2, 0.25) is 0 Å². The summed E-state index contributed by atoms with van der Waals surface area (Å²) >= 11 is 0. The van der Waals surface area contributed by atoms with Crippen molar-refractivity contribution in [3.05, 3.63) is 66.2 Å². The Labute approximate surface area is 137 Å². The number of hydrogen-bond acceptors (Lipinski definition) is 4. The molecule has 0 aliphatic heterocycles. The van der Waals surface area contributed by atoms with Gasteiger partial charge in [-0.2, -0.15) is 0 Å². The molecule has 0 aromatic carbocycles. The maximum absolute atomic E-state index is 12.4. The zero-order valence-corrected chi connectivity index (χ0v) is 14.0. The summed E-state index contributed by atoms with van der Waals surface area (Å²) in [7, 11) is 0. The third kappa shape index (κ3) is 5.25. The second-order valence-corrected chi connectivity index (χ2v) is 5.41. The second-order valence-electron chi connectivity index (χ2n) is 5.41. The van der Waals surface area contributed by atoms with Gasteiger partial charge in [0.25, 0.3) is 0 Å². The minimum atomic E-state index is -0.714. The number of carbonyl (C=O) groups is 4. The highest BCUT2D eigenvalue weighted by molar-refractivity contribution is 6.36. The maximum Gasteiger partial charge on any atom is 0.185 e. The standard InChI is InChI=1S/C19H21O4/c1-10(2)15(20)9-14(17(21)11(3)4)16(18(22)12(5)6)19(23)13(7)8/h9H,1,3,5,7H2,2,4,6,8H3. The van der Waals surface area contributed by atoms with Crippen molar-refractivity contribution in [2.24, 2.45) is 0 Å². The predicted octanol–water partition coefficient (Wildman–Crippen LogP) is 3.07. The van der Waals surface area contributed by atoms with Gasteiger partial charge in [-0.15, -0.1) is 0 Å². The lowest BCUT2D eigenvalue weighted by molar-refractivity contribution is -0.122. The lowest BCUT2D eigenvalue weighted by atomic mass is 9.81. The highest BCUT2D eigenvalue weighted by atomic mass is 16.2. The van der Waals surface area contributed by atoms with Crippen molar-refractivity contribution >= 4 is 23.1 Å². The monoisotopic (exact) mass is 313 g/mol. The van der Waals surface area contributed by atoms with Crippen LogP contribution in [0.25, 0.3) is 0 Å². The Morgan fingerprint density at radius 1 is 0.609 bits per heavy atom. The highest BCUT2D eigenvalue weighted by Crippen LogP contribution is 2.25. The van der Waals surface area contributed by atoms with Crippen LogP contribution in [0.3, 0.4) is 0 Å². The first-order valence-electron chi connectivity index (χ1n) is 6.81. The minimum absolute atomic E-state index is 0.0674. The first-order chi connectivity index (χ1) is 10.4. The van der Waals surface area contributed by atoms with Crippen LogP contribution in [0.4, 0.5) is 0 Å². The Morgan fingerprint density at radius 2 is 0.957 bits per heavy atom. The van der Waals surface area contributed by atoms with E-state index in [1.807, 2.05) is 0 Å². The van der Waals surface area contributed by atoms with Gasteiger partial charge in [-0.1, -0.05) is 26.3 Å². The predicted molar refractivity (Wildman–Crippen MR) is 90.6 cm³/mol. The zero-order chi connectivity index (χ0) is 18.5. The van der Waals surface area contributed by atoms with Crippen LogP contribution in [-0.2, 0) is 19.2 Å². The van der Waals surface area contributed by atoms with E-state index in [1.165, 1.54) is 27.7 Å². The summed E-state index contributed by atoms with van der Waals surface area (Å²) in [5.41, 5.74) is 0.0799. The molecule has 0 aliphatic carbocycles. The van der Waals surface area contributed by atoms with Gasteiger partial charge in [-0.05, 0) is 56.1 Å². The van der Waals surface area contributed by atoms with Gasteiger partial charge < -0.3 is 0 Å². The van der Waals surface area contributed by atoms with Crippen LogP contribution in [-0.4, -0.2) is 23.1 Å². The largest absolute Gasteiger partial charge is 0.293 e. The van der Waals surface area contributed by atoms with E-state index in [1.54, 1.807) is 0 Å². The van der Waals surface area contributed by atoms with Gasteiger partial charge in [0.2, 0.25) is 0 Å². The summed E-state index contributed by atoms with van der Waals surface area (Å²) in [4.78, 5) is 49.0. The molecule has 23 heavy (non-hydrogen) atoms. The molecule has 0 rings (SSSR count). The molecule has 0 spiro atoms. The van der Waals surface area contributed by atoms with E-state index >= 15 is 0 Å². The van der Waals surface area contributed by atoms with E-state index < -0.39 is 29.1 Å². The molecule has 0 aromatic heterocycles. The molecule has 0 saturated carbocycles. The summed E-state index contributed by atoms with van der Waals surface area (Å²) in [6.07, 6.45) is 0.941. The second kappa shape index (κ2) is 8.13. The van der Waals surface area contributed by atoms with E-state index in [0.717, 1.165) is 6.08 Å². The number of carbonyl (C=O) groups excluding carboxylic acids is 4. The molecule has 0 N–H and O–H groups in total. The van der Waals surface area contributed by atoms with Crippen LogP contribution >= 0.6 is 0 Å². The molecule has 1 radical (unpaired) electrons. The minimum Gasteiger partial charge on any atom is -0.293 e. The van der Waals surface area contributed by atoms with Gasteiger partial charge in [0.05, 0.1) is 0 Å². The fraction of sp³-hybridized carbons (Fsp3) is 0.211. The maximum atomic E-state index is 12.4. The van der Waals surface area contributed by atoms with Crippen LogP contribution in [0.15, 0.2) is 60.3 Å². The van der Waals surface area contributed by atoms with Crippen molar-refractivity contribution in [1.29, 1.82) is 0 Å². The van der Waals surface area contributed by atoms with E-state index in [9.17, 15) is 19.2 Å². The Bertz CT molecular complexity index is 645. The third-order valence-electron chi connectivity index (χ3n) is 2.83. The molecule has 0 atom stereocenters. The molecule has 0 aromatic rings. The zero-order valence-electron chi connectivity index (χ0n) is 14.0. The smallest absolute Gasteiger partial charge is 0.185 e. The van der Waals surface area contributed by atoms with Gasteiger partial charge in [0.15, 0.2) is 23.1 Å². The average molecular weight is 313 g/mol. The molecular weight excluding hydrogens is 292 g/mol. The molecule has 0 bridgehead atoms. The van der Waals surface area contributed by atoms with Crippen LogP contribution in [0.1, 0.15) is 27.7 Å². The number of Topliss-reactive ketones (excluding diaryl/α,β-unsaturated/α-hetero) is 3. The van der Waals surface area contributed by atoms with Crippen molar-refractivity contribution in [2.45, 2.75) is 27.7 Å². The van der Waals surface area contributed by atoms with Gasteiger partial charge in [-0.3, -0.25) is 19.2 Å². The Balaban J connectivity index is 6.44. The summed E-state index contributed by atoms with van der Waals surface area (Å²) in [5.74, 6) is -3.08. The van der Waals surface area contributed by atoms with E-state index in [2.05, 4.69) is 26.3 Å². The molecule has 0 heterocycles. The first kappa shape index (κ1) is 20.4. The quantitative estimate of drug-likeness (QED) is 0.484. The number of hydrogen-bond donors (Lipinski definition) is 0. The Kier molecular flexibility index (Phi) is 7.20.